The Kier molecular flexibility index (Phi) is 9.97. The minimum atomic E-state index is -0.990. The van der Waals surface area contributed by atoms with E-state index >= 15 is 0 Å². The van der Waals surface area contributed by atoms with Gasteiger partial charge in [-0.2, -0.15) is 5.10 Å². The molecule has 0 atom stereocenters. The zero-order valence-corrected chi connectivity index (χ0v) is 28.2. The number of ether oxygens (including phenoxy) is 1. The Morgan fingerprint density at radius 1 is 0.694 bits per heavy atom. The third-order valence-electron chi connectivity index (χ3n) is 7.99. The van der Waals surface area contributed by atoms with E-state index in [1.165, 1.54) is 12.1 Å². The van der Waals surface area contributed by atoms with Crippen LogP contribution in [-0.2, 0) is 0 Å². The Hall–Kier alpha value is -6.18. The van der Waals surface area contributed by atoms with Crippen molar-refractivity contribution in [3.63, 3.8) is 0 Å². The Morgan fingerprint density at radius 2 is 1.20 bits per heavy atom. The Labute approximate surface area is 282 Å². The summed E-state index contributed by atoms with van der Waals surface area (Å²) in [6, 6.07) is 13.5. The van der Waals surface area contributed by atoms with Crippen molar-refractivity contribution in [3.05, 3.63) is 78.2 Å². The van der Waals surface area contributed by atoms with Crippen molar-refractivity contribution in [2.45, 2.75) is 39.8 Å². The fourth-order valence-electron chi connectivity index (χ4n) is 4.75. The van der Waals surface area contributed by atoms with E-state index in [2.05, 4.69) is 52.8 Å². The smallest absolute Gasteiger partial charge is 0.335 e. The van der Waals surface area contributed by atoms with E-state index in [0.717, 1.165) is 11.1 Å². The lowest BCUT2D eigenvalue weighted by Gasteiger charge is -2.25. The lowest BCUT2D eigenvalue weighted by atomic mass is 10.1. The molecule has 14 nitrogen and oxygen atoms in total. The number of carboxylic acid groups (broad SMARTS) is 2. The second kappa shape index (κ2) is 14.3. The zero-order valence-electron chi connectivity index (χ0n) is 28.2. The summed E-state index contributed by atoms with van der Waals surface area (Å²) in [7, 11) is 5.43. The number of aromatic nitrogens is 7. The van der Waals surface area contributed by atoms with Crippen molar-refractivity contribution < 1.29 is 24.5 Å². The molecule has 0 saturated carbocycles. The van der Waals surface area contributed by atoms with Gasteiger partial charge in [0.2, 0.25) is 5.88 Å². The van der Waals surface area contributed by atoms with Crippen LogP contribution in [0.3, 0.4) is 0 Å². The Bertz CT molecular complexity index is 2120. The molecule has 0 bridgehead atoms. The molecule has 4 aromatic heterocycles. The number of nitrogens with zero attached hydrogens (tertiary/aromatic N) is 8. The van der Waals surface area contributed by atoms with Gasteiger partial charge >= 0.3 is 11.9 Å². The van der Waals surface area contributed by atoms with Crippen molar-refractivity contribution in [1.29, 1.82) is 0 Å². The number of methoxy groups -OCH3 is 1. The van der Waals surface area contributed by atoms with Gasteiger partial charge in [-0.3, -0.25) is 5.10 Å². The maximum Gasteiger partial charge on any atom is 0.335 e. The van der Waals surface area contributed by atoms with Crippen LogP contribution in [0.5, 0.6) is 5.88 Å². The highest BCUT2D eigenvalue weighted by atomic mass is 16.5. The van der Waals surface area contributed by atoms with E-state index < -0.39 is 11.9 Å². The van der Waals surface area contributed by atoms with Gasteiger partial charge in [-0.05, 0) is 70.2 Å². The van der Waals surface area contributed by atoms with Crippen molar-refractivity contribution in [2.75, 3.05) is 31.0 Å². The van der Waals surface area contributed by atoms with Gasteiger partial charge in [0.15, 0.2) is 11.6 Å². The van der Waals surface area contributed by atoms with Gasteiger partial charge in [-0.15, -0.1) is 0 Å². The van der Waals surface area contributed by atoms with E-state index in [1.807, 2.05) is 30.0 Å². The van der Waals surface area contributed by atoms with E-state index in [9.17, 15) is 14.7 Å². The van der Waals surface area contributed by atoms with Crippen LogP contribution >= 0.6 is 0 Å². The summed E-state index contributed by atoms with van der Waals surface area (Å²) in [6.07, 6.45) is 5.15. The molecule has 0 aliphatic heterocycles. The van der Waals surface area contributed by atoms with Crippen LogP contribution < -0.4 is 14.5 Å². The summed E-state index contributed by atoms with van der Waals surface area (Å²) < 4.78 is 5.11. The third-order valence-corrected chi connectivity index (χ3v) is 7.99. The molecule has 0 aliphatic rings. The molecule has 6 rings (SSSR count). The summed E-state index contributed by atoms with van der Waals surface area (Å²) in [6.45, 7) is 8.21. The number of hydrogen-bond donors (Lipinski definition) is 3. The summed E-state index contributed by atoms with van der Waals surface area (Å²) in [5, 5.41) is 25.1. The minimum Gasteiger partial charge on any atom is -0.481 e. The molecule has 0 aliphatic carbocycles. The molecule has 0 unspecified atom stereocenters. The van der Waals surface area contributed by atoms with Crippen molar-refractivity contribution >= 4 is 45.6 Å². The second-order valence-corrected chi connectivity index (χ2v) is 11.8. The van der Waals surface area contributed by atoms with Crippen LogP contribution in [-0.4, -0.2) is 90.6 Å². The topological polar surface area (TPSA) is 183 Å². The molecule has 6 aromatic rings. The molecule has 3 N–H and O–H groups in total. The maximum absolute atomic E-state index is 11.2. The number of fused-ring (bicyclic) bond motifs is 2. The average molecular weight is 664 g/mol. The zero-order chi connectivity index (χ0) is 35.4. The molecule has 2 aromatic carbocycles. The van der Waals surface area contributed by atoms with Crippen LogP contribution in [0, 0.1) is 0 Å². The fourth-order valence-corrected chi connectivity index (χ4v) is 4.75. The van der Waals surface area contributed by atoms with Gasteiger partial charge in [0, 0.05) is 55.8 Å². The monoisotopic (exact) mass is 663 g/mol. The molecule has 4 heterocycles. The van der Waals surface area contributed by atoms with Gasteiger partial charge in [-0.1, -0.05) is 0 Å². The van der Waals surface area contributed by atoms with Gasteiger partial charge in [0.1, 0.15) is 11.4 Å². The number of H-pyrrole nitrogens is 1. The minimum absolute atomic E-state index is 0.184. The largest absolute Gasteiger partial charge is 0.481 e. The lowest BCUT2D eigenvalue weighted by Crippen LogP contribution is -2.27. The molecule has 49 heavy (non-hydrogen) atoms. The number of aromatic carboxylic acids is 2. The Morgan fingerprint density at radius 3 is 1.59 bits per heavy atom. The van der Waals surface area contributed by atoms with Crippen LogP contribution in [0.1, 0.15) is 48.4 Å². The second-order valence-electron chi connectivity index (χ2n) is 11.8. The summed E-state index contributed by atoms with van der Waals surface area (Å²) in [5.41, 5.74) is 5.79. The predicted octanol–water partition coefficient (Wildman–Crippen LogP) is 5.81. The molecule has 14 heteroatoms. The van der Waals surface area contributed by atoms with Crippen molar-refractivity contribution in [2.24, 2.45) is 0 Å². The molecule has 0 fully saturated rings. The third kappa shape index (κ3) is 7.38. The normalized spacial score (nSPS) is 11.0. The molecule has 0 amide bonds. The molecule has 252 valence electrons. The molecule has 0 spiro atoms. The van der Waals surface area contributed by atoms with Crippen molar-refractivity contribution in [1.82, 2.24) is 35.1 Å². The maximum atomic E-state index is 11.2. The van der Waals surface area contributed by atoms with Crippen LogP contribution in [0.4, 0.5) is 11.6 Å². The van der Waals surface area contributed by atoms with Gasteiger partial charge in [0.05, 0.1) is 46.5 Å². The first kappa shape index (κ1) is 34.2. The number of hydrogen-bond acceptors (Lipinski definition) is 11. The summed E-state index contributed by atoms with van der Waals surface area (Å²) in [4.78, 5) is 49.4. The quantitative estimate of drug-likeness (QED) is 0.169. The van der Waals surface area contributed by atoms with Crippen LogP contribution in [0.2, 0.25) is 0 Å². The average Bonchev–Trinajstić information content (AvgIpc) is 3.64. The first-order valence-electron chi connectivity index (χ1n) is 15.4. The molecule has 0 saturated heterocycles. The highest BCUT2D eigenvalue weighted by Crippen LogP contribution is 2.32. The number of benzene rings is 2. The lowest BCUT2D eigenvalue weighted by molar-refractivity contribution is 0.0686. The molecular weight excluding hydrogens is 626 g/mol. The number of carbonyl (C=O) groups is 2. The number of aromatic amines is 1. The summed E-state index contributed by atoms with van der Waals surface area (Å²) >= 11 is 0. The van der Waals surface area contributed by atoms with E-state index in [0.29, 0.717) is 51.0 Å². The summed E-state index contributed by atoms with van der Waals surface area (Å²) in [5.74, 6) is -0.0897. The van der Waals surface area contributed by atoms with Gasteiger partial charge in [-0.25, -0.2) is 34.5 Å². The standard InChI is InChI=1S/C19H20N4O3.C16H17N5O2/c1-11(2)23(3)18-17(13-6-8-16(26-4)20-10-13)21-14-7-5-12(19(24)25)9-15(14)22-18;1-9(2)21(3)15-14(11-7-17-18-8-11)19-12-5-4-10(16(22)23)6-13(12)20-15/h5-11H,1-4H3,(H,24,25);4-9H,1-3H3,(H,17,18)(H,22,23). The SMILES string of the molecule is CC(C)N(C)c1nc2cc(C(=O)O)ccc2nc1-c1cn[nH]c1.COc1ccc(-c2nc3ccc(C(=O)O)cc3nc2N(C)C(C)C)cn1. The van der Waals surface area contributed by atoms with E-state index in [-0.39, 0.29) is 23.2 Å². The first-order valence-corrected chi connectivity index (χ1v) is 15.4. The van der Waals surface area contributed by atoms with Gasteiger partial charge < -0.3 is 24.7 Å². The molecular formula is C35H37N9O5. The number of carboxylic acids is 2. The molecule has 0 radical (unpaired) electrons. The highest BCUT2D eigenvalue weighted by molar-refractivity contribution is 5.94. The van der Waals surface area contributed by atoms with E-state index in [1.54, 1.807) is 56.0 Å². The number of nitrogens with one attached hydrogen (secondary N) is 1. The number of pyridine rings is 1. The Balaban J connectivity index is 0.000000192. The van der Waals surface area contributed by atoms with E-state index in [4.69, 9.17) is 19.8 Å². The number of rotatable bonds is 9. The van der Waals surface area contributed by atoms with Crippen molar-refractivity contribution in [3.8, 4) is 28.4 Å². The van der Waals surface area contributed by atoms with Crippen LogP contribution in [0.15, 0.2) is 67.1 Å². The van der Waals surface area contributed by atoms with Gasteiger partial charge in [0.25, 0.3) is 0 Å². The predicted molar refractivity (Wildman–Crippen MR) is 187 cm³/mol. The number of anilines is 2. The first-order chi connectivity index (χ1) is 23.4. The highest BCUT2D eigenvalue weighted by Gasteiger charge is 2.20. The fraction of sp³-hybridized carbons (Fsp3) is 0.257. The van der Waals surface area contributed by atoms with Crippen LogP contribution in [0.25, 0.3) is 44.6 Å².